The van der Waals surface area contributed by atoms with Crippen LogP contribution < -0.4 is 5.32 Å². The minimum atomic E-state index is -4.64. The van der Waals surface area contributed by atoms with Crippen LogP contribution in [-0.2, 0) is 15.7 Å². The maximum absolute atomic E-state index is 12.9. The summed E-state index contributed by atoms with van der Waals surface area (Å²) in [5.41, 5.74) is -1.56. The van der Waals surface area contributed by atoms with Gasteiger partial charge < -0.3 is 20.1 Å². The van der Waals surface area contributed by atoms with E-state index in [1.54, 1.807) is 0 Å². The summed E-state index contributed by atoms with van der Waals surface area (Å²) >= 11 is 0. The van der Waals surface area contributed by atoms with Gasteiger partial charge in [0, 0.05) is 13.1 Å². The number of anilines is 1. The zero-order valence-electron chi connectivity index (χ0n) is 13.8. The van der Waals surface area contributed by atoms with E-state index in [9.17, 15) is 27.6 Å². The Morgan fingerprint density at radius 3 is 2.35 bits per heavy atom. The SMILES string of the molecule is COC(=O)c1ccc(C(F)(F)F)cc1NC(=O)N1CCC(C(=O)O)CC1. The number of carboxylic acid groups (broad SMARTS) is 1. The number of ether oxygens (including phenoxy) is 1. The molecule has 2 rings (SSSR count). The lowest BCUT2D eigenvalue weighted by Gasteiger charge is -2.30. The third kappa shape index (κ3) is 4.44. The first-order valence-electron chi connectivity index (χ1n) is 7.71. The van der Waals surface area contributed by atoms with Crippen molar-refractivity contribution in [3.8, 4) is 0 Å². The van der Waals surface area contributed by atoms with Gasteiger partial charge in [-0.15, -0.1) is 0 Å². The Morgan fingerprint density at radius 1 is 1.23 bits per heavy atom. The minimum absolute atomic E-state index is 0.148. The predicted molar refractivity (Wildman–Crippen MR) is 83.7 cm³/mol. The number of alkyl halides is 3. The van der Waals surface area contributed by atoms with Crippen LogP contribution in [0.2, 0.25) is 0 Å². The molecule has 1 aliphatic rings. The van der Waals surface area contributed by atoms with Crippen molar-refractivity contribution in [3.63, 3.8) is 0 Å². The third-order valence-electron chi connectivity index (χ3n) is 4.13. The lowest BCUT2D eigenvalue weighted by molar-refractivity contribution is -0.143. The minimum Gasteiger partial charge on any atom is -0.481 e. The summed E-state index contributed by atoms with van der Waals surface area (Å²) in [6.07, 6.45) is -4.15. The molecule has 1 aromatic rings. The van der Waals surface area contributed by atoms with E-state index in [-0.39, 0.29) is 37.2 Å². The number of likely N-dealkylation sites (tertiary alicyclic amines) is 1. The van der Waals surface area contributed by atoms with Crippen molar-refractivity contribution in [1.82, 2.24) is 4.90 Å². The van der Waals surface area contributed by atoms with E-state index in [0.29, 0.717) is 6.07 Å². The zero-order chi connectivity index (χ0) is 19.5. The van der Waals surface area contributed by atoms with Gasteiger partial charge in [-0.25, -0.2) is 9.59 Å². The number of methoxy groups -OCH3 is 1. The molecule has 142 valence electrons. The van der Waals surface area contributed by atoms with Gasteiger partial charge in [-0.05, 0) is 31.0 Å². The number of esters is 1. The van der Waals surface area contributed by atoms with Crippen LogP contribution in [0.5, 0.6) is 0 Å². The number of rotatable bonds is 3. The number of nitrogens with zero attached hydrogens (tertiary/aromatic N) is 1. The van der Waals surface area contributed by atoms with Gasteiger partial charge in [-0.1, -0.05) is 0 Å². The van der Waals surface area contributed by atoms with Gasteiger partial charge in [0.2, 0.25) is 0 Å². The Balaban J connectivity index is 2.20. The number of amides is 2. The fraction of sp³-hybridized carbons (Fsp3) is 0.438. The van der Waals surface area contributed by atoms with Crippen LogP contribution in [0, 0.1) is 5.92 Å². The van der Waals surface area contributed by atoms with Crippen LogP contribution in [0.3, 0.4) is 0 Å². The topological polar surface area (TPSA) is 95.9 Å². The molecular formula is C16H17F3N2O5. The molecule has 2 N–H and O–H groups in total. The van der Waals surface area contributed by atoms with Gasteiger partial charge in [0.05, 0.1) is 29.8 Å². The lowest BCUT2D eigenvalue weighted by Crippen LogP contribution is -2.42. The van der Waals surface area contributed by atoms with Crippen LogP contribution >= 0.6 is 0 Å². The number of piperidine rings is 1. The molecule has 0 spiro atoms. The molecule has 1 fully saturated rings. The van der Waals surface area contributed by atoms with E-state index in [0.717, 1.165) is 19.2 Å². The smallest absolute Gasteiger partial charge is 0.416 e. The second-order valence-electron chi connectivity index (χ2n) is 5.78. The number of benzene rings is 1. The molecule has 0 aliphatic carbocycles. The molecule has 1 aliphatic heterocycles. The molecule has 26 heavy (non-hydrogen) atoms. The summed E-state index contributed by atoms with van der Waals surface area (Å²) in [5.74, 6) is -2.40. The van der Waals surface area contributed by atoms with Crippen molar-refractivity contribution in [2.45, 2.75) is 19.0 Å². The standard InChI is InChI=1S/C16H17F3N2O5/c1-26-14(24)11-3-2-10(16(17,18)19)8-12(11)20-15(25)21-6-4-9(5-7-21)13(22)23/h2-3,8-9H,4-7H2,1H3,(H,20,25)(H,22,23). The van der Waals surface area contributed by atoms with Crippen molar-refractivity contribution in [2.75, 3.05) is 25.5 Å². The van der Waals surface area contributed by atoms with Crippen LogP contribution in [0.25, 0.3) is 0 Å². The Labute approximate surface area is 146 Å². The summed E-state index contributed by atoms with van der Waals surface area (Å²) < 4.78 is 43.2. The molecule has 0 saturated carbocycles. The lowest BCUT2D eigenvalue weighted by atomic mass is 9.97. The number of halogens is 3. The van der Waals surface area contributed by atoms with Gasteiger partial charge in [-0.2, -0.15) is 13.2 Å². The van der Waals surface area contributed by atoms with Crippen LogP contribution in [0.1, 0.15) is 28.8 Å². The van der Waals surface area contributed by atoms with Crippen LogP contribution in [0.4, 0.5) is 23.7 Å². The fourth-order valence-electron chi connectivity index (χ4n) is 2.64. The third-order valence-corrected chi connectivity index (χ3v) is 4.13. The average molecular weight is 374 g/mol. The molecule has 0 aromatic heterocycles. The number of carbonyl (C=O) groups is 3. The summed E-state index contributed by atoms with van der Waals surface area (Å²) in [7, 11) is 1.07. The maximum atomic E-state index is 12.9. The molecule has 0 unspecified atom stereocenters. The zero-order valence-corrected chi connectivity index (χ0v) is 13.8. The Morgan fingerprint density at radius 2 is 1.85 bits per heavy atom. The first kappa shape index (κ1) is 19.5. The highest BCUT2D eigenvalue weighted by Crippen LogP contribution is 2.32. The second kappa shape index (κ2) is 7.63. The quantitative estimate of drug-likeness (QED) is 0.793. The fourth-order valence-corrected chi connectivity index (χ4v) is 2.64. The summed E-state index contributed by atoms with van der Waals surface area (Å²) in [6, 6.07) is 1.60. The number of urea groups is 1. The molecule has 0 radical (unpaired) electrons. The molecule has 1 heterocycles. The summed E-state index contributed by atoms with van der Waals surface area (Å²) in [5, 5.41) is 11.2. The molecule has 2 amide bonds. The predicted octanol–water partition coefficient (Wildman–Crippen LogP) is 2.82. The van der Waals surface area contributed by atoms with Crippen molar-refractivity contribution in [1.29, 1.82) is 0 Å². The first-order valence-corrected chi connectivity index (χ1v) is 7.71. The normalized spacial score (nSPS) is 15.5. The average Bonchev–Trinajstić information content (AvgIpc) is 2.60. The molecule has 0 bridgehead atoms. The first-order chi connectivity index (χ1) is 12.1. The van der Waals surface area contributed by atoms with Crippen LogP contribution in [-0.4, -0.2) is 48.2 Å². The summed E-state index contributed by atoms with van der Waals surface area (Å²) in [6.45, 7) is 0.296. The highest BCUT2D eigenvalue weighted by atomic mass is 19.4. The molecule has 10 heteroatoms. The van der Waals surface area contributed by atoms with E-state index in [2.05, 4.69) is 10.1 Å². The Hall–Kier alpha value is -2.78. The molecule has 1 aromatic carbocycles. The van der Waals surface area contributed by atoms with Gasteiger partial charge in [0.1, 0.15) is 0 Å². The van der Waals surface area contributed by atoms with Gasteiger partial charge in [-0.3, -0.25) is 4.79 Å². The maximum Gasteiger partial charge on any atom is 0.416 e. The monoisotopic (exact) mass is 374 g/mol. The number of carbonyl (C=O) groups excluding carboxylic acids is 2. The van der Waals surface area contributed by atoms with Crippen molar-refractivity contribution in [2.24, 2.45) is 5.92 Å². The number of aliphatic carboxylic acids is 1. The van der Waals surface area contributed by atoms with E-state index < -0.39 is 35.6 Å². The van der Waals surface area contributed by atoms with E-state index in [4.69, 9.17) is 5.11 Å². The molecule has 7 nitrogen and oxygen atoms in total. The van der Waals surface area contributed by atoms with E-state index in [1.807, 2.05) is 0 Å². The van der Waals surface area contributed by atoms with E-state index in [1.165, 1.54) is 4.90 Å². The Bertz CT molecular complexity index is 712. The largest absolute Gasteiger partial charge is 0.481 e. The highest BCUT2D eigenvalue weighted by Gasteiger charge is 2.32. The van der Waals surface area contributed by atoms with Gasteiger partial charge >= 0.3 is 24.1 Å². The van der Waals surface area contributed by atoms with Gasteiger partial charge in [0.25, 0.3) is 0 Å². The number of hydrogen-bond donors (Lipinski definition) is 2. The Kier molecular flexibility index (Phi) is 5.73. The summed E-state index contributed by atoms with van der Waals surface area (Å²) in [4.78, 5) is 36.3. The van der Waals surface area contributed by atoms with Crippen molar-refractivity contribution >= 4 is 23.7 Å². The second-order valence-corrected chi connectivity index (χ2v) is 5.78. The van der Waals surface area contributed by atoms with Crippen molar-refractivity contribution in [3.05, 3.63) is 29.3 Å². The van der Waals surface area contributed by atoms with Gasteiger partial charge in [0.15, 0.2) is 0 Å². The highest BCUT2D eigenvalue weighted by molar-refractivity contribution is 6.01. The number of carboxylic acids is 1. The molecular weight excluding hydrogens is 357 g/mol. The molecule has 0 atom stereocenters. The van der Waals surface area contributed by atoms with Crippen molar-refractivity contribution < 1.29 is 37.4 Å². The van der Waals surface area contributed by atoms with E-state index >= 15 is 0 Å². The number of nitrogens with one attached hydrogen (secondary N) is 1. The molecule has 1 saturated heterocycles. The number of hydrogen-bond acceptors (Lipinski definition) is 4. The van der Waals surface area contributed by atoms with Crippen LogP contribution in [0.15, 0.2) is 18.2 Å².